The minimum atomic E-state index is -4.92. The van der Waals surface area contributed by atoms with Crippen LogP contribution in [0.1, 0.15) is 54.9 Å². The second kappa shape index (κ2) is 11.0. The quantitative estimate of drug-likeness (QED) is 0.262. The highest BCUT2D eigenvalue weighted by atomic mass is 32.1. The summed E-state index contributed by atoms with van der Waals surface area (Å²) in [4.78, 5) is 31.8. The number of benzene rings is 2. The zero-order valence-corrected chi connectivity index (χ0v) is 23.6. The Morgan fingerprint density at radius 3 is 2.62 bits per heavy atom. The smallest absolute Gasteiger partial charge is 0.478 e. The number of alkyl halides is 3. The fourth-order valence-corrected chi connectivity index (χ4v) is 7.48. The first-order chi connectivity index (χ1) is 20.0. The van der Waals surface area contributed by atoms with Crippen LogP contribution >= 0.6 is 11.3 Å². The lowest BCUT2D eigenvalue weighted by atomic mass is 9.90. The van der Waals surface area contributed by atoms with E-state index in [4.69, 9.17) is 15.1 Å². The van der Waals surface area contributed by atoms with Gasteiger partial charge in [0.15, 0.2) is 5.13 Å². The molecule has 5 atom stereocenters. The number of rotatable bonds is 10. The van der Waals surface area contributed by atoms with Crippen LogP contribution in [-0.4, -0.2) is 58.7 Å². The minimum absolute atomic E-state index is 0.0668. The molecular formula is C30H30F3N3O5S. The van der Waals surface area contributed by atoms with Crippen molar-refractivity contribution in [3.05, 3.63) is 53.6 Å². The number of nitrogens with one attached hydrogen (secondary N) is 1. The van der Waals surface area contributed by atoms with Crippen molar-refractivity contribution in [1.29, 1.82) is 5.41 Å². The van der Waals surface area contributed by atoms with Gasteiger partial charge in [0.1, 0.15) is 11.5 Å². The molecule has 2 saturated heterocycles. The van der Waals surface area contributed by atoms with Crippen LogP contribution in [-0.2, 0) is 9.53 Å². The SMILES string of the molecule is CC1CC2CC(OCC(C(=N)c3ccccc3OC(F)(F)F)C(=O)C3CC3)CC1N2c1nc2ccc(C(=O)O)cc2s1. The Hall–Kier alpha value is -3.51. The lowest BCUT2D eigenvalue weighted by Crippen LogP contribution is -2.47. The van der Waals surface area contributed by atoms with Gasteiger partial charge < -0.3 is 24.9 Å². The molecule has 3 aliphatic rings. The van der Waals surface area contributed by atoms with Crippen molar-refractivity contribution in [3.63, 3.8) is 0 Å². The number of thiazole rings is 1. The number of carbonyl (C=O) groups excluding carboxylic acids is 1. The van der Waals surface area contributed by atoms with E-state index in [1.165, 1.54) is 29.5 Å². The molecule has 8 nitrogen and oxygen atoms in total. The summed E-state index contributed by atoms with van der Waals surface area (Å²) in [5.74, 6) is -2.49. The number of ether oxygens (including phenoxy) is 2. The van der Waals surface area contributed by atoms with E-state index >= 15 is 0 Å². The Bertz CT molecular complexity index is 1540. The number of halogens is 3. The van der Waals surface area contributed by atoms with E-state index in [-0.39, 0.29) is 53.3 Å². The summed E-state index contributed by atoms with van der Waals surface area (Å²) in [5, 5.41) is 19.0. The van der Waals surface area contributed by atoms with Crippen LogP contribution in [0.25, 0.3) is 10.2 Å². The van der Waals surface area contributed by atoms with E-state index in [0.717, 1.165) is 27.8 Å². The van der Waals surface area contributed by atoms with Gasteiger partial charge in [0, 0.05) is 23.6 Å². The summed E-state index contributed by atoms with van der Waals surface area (Å²) in [5.41, 5.74) is 0.674. The number of fused-ring (bicyclic) bond motifs is 3. The molecule has 1 aliphatic carbocycles. The predicted octanol–water partition coefficient (Wildman–Crippen LogP) is 6.32. The first-order valence-corrected chi connectivity index (χ1v) is 14.8. The molecular weight excluding hydrogens is 571 g/mol. The number of para-hydroxylation sites is 1. The zero-order valence-electron chi connectivity index (χ0n) is 22.8. The first-order valence-electron chi connectivity index (χ1n) is 14.0. The highest BCUT2D eigenvalue weighted by Crippen LogP contribution is 2.46. The highest BCUT2D eigenvalue weighted by Gasteiger charge is 2.47. The third-order valence-electron chi connectivity index (χ3n) is 8.51. The third-order valence-corrected chi connectivity index (χ3v) is 9.54. The van der Waals surface area contributed by atoms with Crippen LogP contribution in [0.4, 0.5) is 18.3 Å². The van der Waals surface area contributed by atoms with Gasteiger partial charge in [0.2, 0.25) is 0 Å². The van der Waals surface area contributed by atoms with Gasteiger partial charge in [0.25, 0.3) is 0 Å². The number of carboxylic acid groups (broad SMARTS) is 1. The minimum Gasteiger partial charge on any atom is -0.478 e. The van der Waals surface area contributed by atoms with E-state index in [1.807, 2.05) is 0 Å². The van der Waals surface area contributed by atoms with E-state index < -0.39 is 24.0 Å². The van der Waals surface area contributed by atoms with Crippen LogP contribution < -0.4 is 9.64 Å². The van der Waals surface area contributed by atoms with Crippen LogP contribution in [0, 0.1) is 23.2 Å². The van der Waals surface area contributed by atoms with E-state index in [0.29, 0.717) is 31.6 Å². The van der Waals surface area contributed by atoms with Gasteiger partial charge >= 0.3 is 12.3 Å². The summed E-state index contributed by atoms with van der Waals surface area (Å²) in [6.45, 7) is 2.11. The number of ketones is 1. The van der Waals surface area contributed by atoms with Crippen molar-refractivity contribution in [3.8, 4) is 5.75 Å². The fourth-order valence-electron chi connectivity index (χ4n) is 6.34. The number of carboxylic acids is 1. The average molecular weight is 602 g/mol. The number of aromatic carboxylic acids is 1. The standard InChI is InChI=1S/C30H30F3N3O5S/c1-15-10-18-12-19(13-23(15)36(18)29-35-22-9-8-17(28(38)39)11-25(22)42-29)40-14-21(27(37)16-6-7-16)26(34)20-4-2-3-5-24(20)41-30(31,32)33/h2-5,8-9,11,15-16,18-19,21,23,34H,6-7,10,12-14H2,1H3,(H,38,39). The van der Waals surface area contributed by atoms with Gasteiger partial charge in [0.05, 0.1) is 40.1 Å². The summed E-state index contributed by atoms with van der Waals surface area (Å²) < 4.78 is 50.4. The Morgan fingerprint density at radius 1 is 1.17 bits per heavy atom. The highest BCUT2D eigenvalue weighted by molar-refractivity contribution is 7.22. The van der Waals surface area contributed by atoms with Gasteiger partial charge in [-0.1, -0.05) is 30.4 Å². The molecule has 42 heavy (non-hydrogen) atoms. The Balaban J connectivity index is 1.18. The molecule has 2 aromatic carbocycles. The number of piperidine rings is 1. The Kier molecular flexibility index (Phi) is 7.46. The molecule has 3 fully saturated rings. The topological polar surface area (TPSA) is 113 Å². The van der Waals surface area contributed by atoms with Crippen molar-refractivity contribution in [2.45, 2.75) is 63.6 Å². The van der Waals surface area contributed by atoms with Crippen LogP contribution in [0.2, 0.25) is 0 Å². The third kappa shape index (κ3) is 5.74. The molecule has 3 heterocycles. The van der Waals surface area contributed by atoms with Crippen LogP contribution in [0.3, 0.4) is 0 Å². The number of carbonyl (C=O) groups is 2. The first kappa shape index (κ1) is 28.6. The van der Waals surface area contributed by atoms with E-state index in [2.05, 4.69) is 16.6 Å². The monoisotopic (exact) mass is 601 g/mol. The number of hydrogen-bond acceptors (Lipinski definition) is 8. The molecule has 2 bridgehead atoms. The van der Waals surface area contributed by atoms with Gasteiger partial charge in [-0.25, -0.2) is 9.78 Å². The van der Waals surface area contributed by atoms with Gasteiger partial charge in [-0.2, -0.15) is 0 Å². The van der Waals surface area contributed by atoms with E-state index in [9.17, 15) is 27.9 Å². The number of Topliss-reactive ketones (excluding diaryl/α,β-unsaturated/α-hetero) is 1. The summed E-state index contributed by atoms with van der Waals surface area (Å²) in [6, 6.07) is 10.6. The summed E-state index contributed by atoms with van der Waals surface area (Å²) >= 11 is 1.47. The zero-order chi connectivity index (χ0) is 29.8. The Labute approximate surface area is 244 Å². The van der Waals surface area contributed by atoms with Crippen LogP contribution in [0.15, 0.2) is 42.5 Å². The van der Waals surface area contributed by atoms with Crippen molar-refractivity contribution in [1.82, 2.24) is 4.98 Å². The molecule has 1 aromatic heterocycles. The molecule has 222 valence electrons. The van der Waals surface area contributed by atoms with Crippen molar-refractivity contribution < 1.29 is 37.3 Å². The molecule has 6 rings (SSSR count). The average Bonchev–Trinajstić information content (AvgIpc) is 3.66. The number of aromatic nitrogens is 1. The van der Waals surface area contributed by atoms with Gasteiger partial charge in [-0.3, -0.25) is 4.79 Å². The van der Waals surface area contributed by atoms with Gasteiger partial charge in [-0.05, 0) is 68.4 Å². The van der Waals surface area contributed by atoms with Crippen molar-refractivity contribution in [2.75, 3.05) is 11.5 Å². The molecule has 0 amide bonds. The molecule has 2 aliphatic heterocycles. The molecule has 2 N–H and O–H groups in total. The maximum atomic E-state index is 13.2. The molecule has 1 saturated carbocycles. The predicted molar refractivity (Wildman–Crippen MR) is 151 cm³/mol. The van der Waals surface area contributed by atoms with E-state index in [1.54, 1.807) is 18.2 Å². The fraction of sp³-hybridized carbons (Fsp3) is 0.467. The Morgan fingerprint density at radius 2 is 1.93 bits per heavy atom. The normalized spacial score (nSPS) is 24.5. The maximum Gasteiger partial charge on any atom is 0.573 e. The molecule has 0 spiro atoms. The number of anilines is 1. The second-order valence-corrected chi connectivity index (χ2v) is 12.4. The van der Waals surface area contributed by atoms with Gasteiger partial charge in [-0.15, -0.1) is 13.2 Å². The summed E-state index contributed by atoms with van der Waals surface area (Å²) in [7, 11) is 0. The maximum absolute atomic E-state index is 13.2. The molecule has 3 aromatic rings. The van der Waals surface area contributed by atoms with Crippen LogP contribution in [0.5, 0.6) is 5.75 Å². The van der Waals surface area contributed by atoms with Crippen molar-refractivity contribution >= 4 is 44.1 Å². The molecule has 12 heteroatoms. The second-order valence-electron chi connectivity index (χ2n) is 11.4. The van der Waals surface area contributed by atoms with Crippen molar-refractivity contribution in [2.24, 2.45) is 17.8 Å². The molecule has 5 unspecified atom stereocenters. The largest absolute Gasteiger partial charge is 0.573 e. The lowest BCUT2D eigenvalue weighted by molar-refractivity contribution is -0.274. The number of nitrogens with zero attached hydrogens (tertiary/aromatic N) is 2. The number of hydrogen-bond donors (Lipinski definition) is 2. The molecule has 0 radical (unpaired) electrons. The lowest BCUT2D eigenvalue weighted by Gasteiger charge is -2.39. The summed E-state index contributed by atoms with van der Waals surface area (Å²) in [6.07, 6.45) is -1.39.